The molecule has 0 bridgehead atoms. The van der Waals surface area contributed by atoms with Gasteiger partial charge in [-0.1, -0.05) is 29.7 Å². The van der Waals surface area contributed by atoms with E-state index in [-0.39, 0.29) is 11.5 Å². The topological polar surface area (TPSA) is 64.0 Å². The molecule has 0 spiro atoms. The number of benzene rings is 1. The Balaban J connectivity index is 1.77. The van der Waals surface area contributed by atoms with Crippen molar-refractivity contribution in [2.45, 2.75) is 19.5 Å². The van der Waals surface area contributed by atoms with Crippen LogP contribution in [0.25, 0.3) is 10.1 Å². The fourth-order valence-electron chi connectivity index (χ4n) is 2.19. The second-order valence-electron chi connectivity index (χ2n) is 4.97. The first-order chi connectivity index (χ1) is 10.7. The number of aromatic nitrogens is 2. The third-order valence-electron chi connectivity index (χ3n) is 3.44. The zero-order valence-corrected chi connectivity index (χ0v) is 12.8. The molecule has 1 atom stereocenters. The summed E-state index contributed by atoms with van der Waals surface area (Å²) in [5, 5.41) is 3.49. The average Bonchev–Trinajstić information content (AvgIpc) is 2.90. The number of pyridine rings is 1. The highest BCUT2D eigenvalue weighted by Crippen LogP contribution is 2.19. The quantitative estimate of drug-likeness (QED) is 0.804. The van der Waals surface area contributed by atoms with Crippen molar-refractivity contribution in [3.05, 3.63) is 64.7 Å². The monoisotopic (exact) mass is 313 g/mol. The summed E-state index contributed by atoms with van der Waals surface area (Å²) < 4.78 is 2.41. The molecule has 0 aliphatic carbocycles. The summed E-state index contributed by atoms with van der Waals surface area (Å²) >= 11 is 1.31. The molecule has 112 valence electrons. The van der Waals surface area contributed by atoms with Crippen molar-refractivity contribution in [2.24, 2.45) is 0 Å². The Bertz CT molecular complexity index is 854. The van der Waals surface area contributed by atoms with Gasteiger partial charge < -0.3 is 5.32 Å². The zero-order valence-electron chi connectivity index (χ0n) is 12.0. The maximum absolute atomic E-state index is 12.3. The van der Waals surface area contributed by atoms with Gasteiger partial charge >= 0.3 is 0 Å². The summed E-state index contributed by atoms with van der Waals surface area (Å²) in [7, 11) is 0. The van der Waals surface area contributed by atoms with Gasteiger partial charge in [-0.25, -0.2) is 0 Å². The number of hydrogen-bond donors (Lipinski definition) is 1. The Morgan fingerprint density at radius 2 is 2.14 bits per heavy atom. The van der Waals surface area contributed by atoms with Crippen molar-refractivity contribution in [1.82, 2.24) is 14.3 Å². The summed E-state index contributed by atoms with van der Waals surface area (Å²) in [6, 6.07) is 10.6. The van der Waals surface area contributed by atoms with Crippen LogP contribution >= 0.6 is 11.5 Å². The van der Waals surface area contributed by atoms with Gasteiger partial charge in [-0.15, -0.1) is 0 Å². The number of nitrogens with one attached hydrogen (secondary N) is 1. The van der Waals surface area contributed by atoms with E-state index in [0.29, 0.717) is 11.9 Å². The van der Waals surface area contributed by atoms with E-state index in [1.54, 1.807) is 25.4 Å². The van der Waals surface area contributed by atoms with Crippen LogP contribution in [-0.4, -0.2) is 14.8 Å². The van der Waals surface area contributed by atoms with Crippen LogP contribution in [0.2, 0.25) is 0 Å². The van der Waals surface area contributed by atoms with E-state index >= 15 is 0 Å². The number of fused-ring (bicyclic) bond motifs is 1. The van der Waals surface area contributed by atoms with Crippen LogP contribution in [0.5, 0.6) is 0 Å². The Kier molecular flexibility index (Phi) is 4.02. The second-order valence-corrected chi connectivity index (χ2v) is 5.99. The van der Waals surface area contributed by atoms with E-state index in [1.165, 1.54) is 15.5 Å². The van der Waals surface area contributed by atoms with E-state index in [4.69, 9.17) is 0 Å². The van der Waals surface area contributed by atoms with Gasteiger partial charge in [-0.3, -0.25) is 18.5 Å². The number of rotatable bonds is 4. The number of hydrogen-bond acceptors (Lipinski definition) is 4. The van der Waals surface area contributed by atoms with Crippen molar-refractivity contribution in [3.63, 3.8) is 0 Å². The molecule has 2 aromatic heterocycles. The first kappa shape index (κ1) is 14.5. The van der Waals surface area contributed by atoms with Crippen molar-refractivity contribution in [1.29, 1.82) is 0 Å². The Morgan fingerprint density at radius 3 is 2.86 bits per heavy atom. The normalized spacial score (nSPS) is 12.2. The lowest BCUT2D eigenvalue weighted by atomic mass is 10.2. The number of carbonyl (C=O) groups excluding carboxylic acids is 1. The maximum Gasteiger partial charge on any atom is 0.269 e. The molecule has 2 heterocycles. The molecule has 0 saturated heterocycles. The van der Waals surface area contributed by atoms with Gasteiger partial charge in [0.15, 0.2) is 0 Å². The third-order valence-corrected chi connectivity index (χ3v) is 4.67. The predicted molar refractivity (Wildman–Crippen MR) is 86.9 cm³/mol. The molecule has 3 rings (SSSR count). The van der Waals surface area contributed by atoms with Crippen molar-refractivity contribution < 1.29 is 4.79 Å². The molecule has 1 aromatic carbocycles. The van der Waals surface area contributed by atoms with Gasteiger partial charge in [0.2, 0.25) is 5.91 Å². The number of nitrogens with zero attached hydrogens (tertiary/aromatic N) is 2. The summed E-state index contributed by atoms with van der Waals surface area (Å²) in [6.45, 7) is 2.13. The Hall–Kier alpha value is -2.47. The molecular formula is C16H15N3O2S. The minimum Gasteiger partial charge on any atom is -0.350 e. The lowest BCUT2D eigenvalue weighted by Gasteiger charge is -2.12. The third kappa shape index (κ3) is 2.78. The SMILES string of the molecule is C[C@H](C(=O)NCc1cccnc1)n1sc2ccccc2c1=O. The van der Waals surface area contributed by atoms with Crippen molar-refractivity contribution in [3.8, 4) is 0 Å². The minimum absolute atomic E-state index is 0.121. The molecule has 0 fully saturated rings. The average molecular weight is 313 g/mol. The van der Waals surface area contributed by atoms with Gasteiger partial charge in [0, 0.05) is 18.9 Å². The van der Waals surface area contributed by atoms with Gasteiger partial charge in [0.05, 0.1) is 10.1 Å². The van der Waals surface area contributed by atoms with E-state index in [1.807, 2.05) is 30.3 Å². The van der Waals surface area contributed by atoms with E-state index < -0.39 is 6.04 Å². The summed E-state index contributed by atoms with van der Waals surface area (Å²) in [4.78, 5) is 28.6. The van der Waals surface area contributed by atoms with Gasteiger partial charge in [0.25, 0.3) is 5.56 Å². The Morgan fingerprint density at radius 1 is 1.32 bits per heavy atom. The molecule has 0 saturated carbocycles. The van der Waals surface area contributed by atoms with Crippen LogP contribution in [0, 0.1) is 0 Å². The standard InChI is InChI=1S/C16H15N3O2S/c1-11(15(20)18-10-12-5-4-8-17-9-12)19-16(21)13-6-2-3-7-14(13)22-19/h2-9,11H,10H2,1H3,(H,18,20)/t11-/m1/s1. The van der Waals surface area contributed by atoms with Crippen LogP contribution in [0.3, 0.4) is 0 Å². The lowest BCUT2D eigenvalue weighted by molar-refractivity contribution is -0.123. The molecule has 5 nitrogen and oxygen atoms in total. The van der Waals surface area contributed by atoms with E-state index in [2.05, 4.69) is 10.3 Å². The molecule has 1 N–H and O–H groups in total. The van der Waals surface area contributed by atoms with Crippen LogP contribution in [0.1, 0.15) is 18.5 Å². The molecule has 22 heavy (non-hydrogen) atoms. The van der Waals surface area contributed by atoms with Crippen molar-refractivity contribution in [2.75, 3.05) is 0 Å². The second kappa shape index (κ2) is 6.11. The molecular weight excluding hydrogens is 298 g/mol. The van der Waals surface area contributed by atoms with Gasteiger partial charge in [0.1, 0.15) is 6.04 Å². The van der Waals surface area contributed by atoms with Crippen molar-refractivity contribution >= 4 is 27.5 Å². The molecule has 3 aromatic rings. The number of carbonyl (C=O) groups is 1. The van der Waals surface area contributed by atoms with Crippen LogP contribution in [-0.2, 0) is 11.3 Å². The predicted octanol–water partition coefficient (Wildman–Crippen LogP) is 2.34. The maximum atomic E-state index is 12.3. The first-order valence-corrected chi connectivity index (χ1v) is 7.71. The lowest BCUT2D eigenvalue weighted by Crippen LogP contribution is -2.33. The Labute approximate surface area is 131 Å². The summed E-state index contributed by atoms with van der Waals surface area (Å²) in [6.07, 6.45) is 3.39. The largest absolute Gasteiger partial charge is 0.350 e. The molecule has 0 unspecified atom stereocenters. The fraction of sp³-hybridized carbons (Fsp3) is 0.188. The summed E-state index contributed by atoms with van der Waals surface area (Å²) in [5.74, 6) is -0.183. The molecule has 0 radical (unpaired) electrons. The number of amides is 1. The minimum atomic E-state index is -0.540. The van der Waals surface area contributed by atoms with Gasteiger partial charge in [-0.05, 0) is 30.7 Å². The molecule has 1 amide bonds. The first-order valence-electron chi connectivity index (χ1n) is 6.94. The van der Waals surface area contributed by atoms with Crippen LogP contribution in [0.4, 0.5) is 0 Å². The van der Waals surface area contributed by atoms with E-state index in [9.17, 15) is 9.59 Å². The van der Waals surface area contributed by atoms with Gasteiger partial charge in [-0.2, -0.15) is 0 Å². The molecule has 0 aliphatic heterocycles. The molecule has 6 heteroatoms. The zero-order chi connectivity index (χ0) is 15.5. The molecule has 0 aliphatic rings. The smallest absolute Gasteiger partial charge is 0.269 e. The van der Waals surface area contributed by atoms with Crippen LogP contribution < -0.4 is 10.9 Å². The summed E-state index contributed by atoms with van der Waals surface area (Å²) in [5.41, 5.74) is 0.802. The van der Waals surface area contributed by atoms with E-state index in [0.717, 1.165) is 10.3 Å². The highest BCUT2D eigenvalue weighted by Gasteiger charge is 2.19. The highest BCUT2D eigenvalue weighted by molar-refractivity contribution is 7.14. The van der Waals surface area contributed by atoms with Crippen LogP contribution in [0.15, 0.2) is 53.6 Å². The fourth-order valence-corrected chi connectivity index (χ4v) is 3.23. The highest BCUT2D eigenvalue weighted by atomic mass is 32.1.